The van der Waals surface area contributed by atoms with Gasteiger partial charge < -0.3 is 10.2 Å². The van der Waals surface area contributed by atoms with Crippen LogP contribution in [-0.2, 0) is 26.2 Å². The van der Waals surface area contributed by atoms with Crippen molar-refractivity contribution in [3.8, 4) is 0 Å². The van der Waals surface area contributed by atoms with Gasteiger partial charge in [-0.1, -0.05) is 56.3 Å². The molecule has 0 saturated carbocycles. The summed E-state index contributed by atoms with van der Waals surface area (Å²) in [5.74, 6) is -0.663. The number of carbonyl (C=O) groups excluding carboxylic acids is 2. The van der Waals surface area contributed by atoms with Gasteiger partial charge in [0.1, 0.15) is 12.6 Å². The highest BCUT2D eigenvalue weighted by Gasteiger charge is 2.32. The molecule has 2 rings (SSSR count). The van der Waals surface area contributed by atoms with Gasteiger partial charge in [0.15, 0.2) is 0 Å². The third-order valence-electron chi connectivity index (χ3n) is 6.05. The zero-order chi connectivity index (χ0) is 25.5. The minimum atomic E-state index is -3.74. The van der Waals surface area contributed by atoms with Gasteiger partial charge in [-0.05, 0) is 56.4 Å². The van der Waals surface area contributed by atoms with E-state index in [9.17, 15) is 18.0 Å². The molecule has 2 aromatic rings. The van der Waals surface area contributed by atoms with E-state index in [1.807, 2.05) is 58.0 Å². The number of nitrogens with one attached hydrogen (secondary N) is 1. The fourth-order valence-corrected chi connectivity index (χ4v) is 4.68. The maximum absolute atomic E-state index is 13.7. The Morgan fingerprint density at radius 1 is 0.941 bits per heavy atom. The van der Waals surface area contributed by atoms with Crippen LogP contribution in [0.2, 0.25) is 0 Å². The van der Waals surface area contributed by atoms with Crippen LogP contribution in [0.4, 0.5) is 5.69 Å². The minimum absolute atomic E-state index is 0.0311. The Hall–Kier alpha value is -2.87. The summed E-state index contributed by atoms with van der Waals surface area (Å²) >= 11 is 0. The molecule has 0 radical (unpaired) electrons. The van der Waals surface area contributed by atoms with E-state index >= 15 is 0 Å². The molecule has 0 saturated heterocycles. The molecule has 7 nitrogen and oxygen atoms in total. The monoisotopic (exact) mass is 487 g/mol. The van der Waals surface area contributed by atoms with E-state index in [-0.39, 0.29) is 25.0 Å². The van der Waals surface area contributed by atoms with Gasteiger partial charge in [-0.2, -0.15) is 0 Å². The number of benzene rings is 2. The summed E-state index contributed by atoms with van der Waals surface area (Å²) in [5, 5.41) is 2.98. The number of aryl methyl sites for hydroxylation is 2. The first kappa shape index (κ1) is 27.4. The van der Waals surface area contributed by atoms with Crippen molar-refractivity contribution in [2.75, 3.05) is 17.1 Å². The van der Waals surface area contributed by atoms with Gasteiger partial charge in [-0.3, -0.25) is 13.9 Å². The maximum atomic E-state index is 13.7. The number of hydrogen-bond acceptors (Lipinski definition) is 4. The Labute approximate surface area is 204 Å². The van der Waals surface area contributed by atoms with Crippen LogP contribution >= 0.6 is 0 Å². The van der Waals surface area contributed by atoms with Crippen LogP contribution in [0.3, 0.4) is 0 Å². The van der Waals surface area contributed by atoms with Crippen molar-refractivity contribution in [3.63, 3.8) is 0 Å². The second-order valence-corrected chi connectivity index (χ2v) is 10.7. The molecule has 34 heavy (non-hydrogen) atoms. The number of carbonyl (C=O) groups is 2. The number of anilines is 1. The molecule has 0 aromatic heterocycles. The van der Waals surface area contributed by atoms with Gasteiger partial charge in [0.05, 0.1) is 11.9 Å². The normalized spacial score (nSPS) is 13.1. The quantitative estimate of drug-likeness (QED) is 0.522. The molecule has 0 aliphatic rings. The molecule has 0 aliphatic heterocycles. The summed E-state index contributed by atoms with van der Waals surface area (Å²) in [5.41, 5.74) is 3.10. The molecule has 0 unspecified atom stereocenters. The first-order chi connectivity index (χ1) is 16.0. The van der Waals surface area contributed by atoms with Crippen LogP contribution in [0.25, 0.3) is 0 Å². The average Bonchev–Trinajstić information content (AvgIpc) is 2.78. The Balaban J connectivity index is 2.47. The third kappa shape index (κ3) is 7.06. The highest BCUT2D eigenvalue weighted by Crippen LogP contribution is 2.23. The highest BCUT2D eigenvalue weighted by molar-refractivity contribution is 7.92. The molecule has 0 heterocycles. The molecule has 1 N–H and O–H groups in total. The van der Waals surface area contributed by atoms with Crippen molar-refractivity contribution >= 4 is 27.5 Å². The van der Waals surface area contributed by atoms with Crippen molar-refractivity contribution in [2.24, 2.45) is 0 Å². The van der Waals surface area contributed by atoms with E-state index in [1.165, 1.54) is 4.90 Å². The van der Waals surface area contributed by atoms with E-state index in [4.69, 9.17) is 0 Å². The fraction of sp³-hybridized carbons (Fsp3) is 0.462. The molecule has 2 atom stereocenters. The molecular weight excluding hydrogens is 450 g/mol. The molecule has 0 bridgehead atoms. The first-order valence-electron chi connectivity index (χ1n) is 11.7. The molecule has 0 aliphatic carbocycles. The van der Waals surface area contributed by atoms with Crippen LogP contribution in [0.5, 0.6) is 0 Å². The molecule has 186 valence electrons. The lowest BCUT2D eigenvalue weighted by atomic mass is 10.1. The summed E-state index contributed by atoms with van der Waals surface area (Å²) in [6, 6.07) is 14.0. The standard InChI is InChI=1S/C26H37N3O4S/c1-7-21(5)27-26(31)23(8-2)28(17-22-15-11-9-13-19(22)3)25(30)18-29(34(6,32)33)24-16-12-10-14-20(24)4/h9-16,21,23H,7-8,17-18H2,1-6H3,(H,27,31)/t21-,23-/m1/s1. The summed E-state index contributed by atoms with van der Waals surface area (Å²) in [6.07, 6.45) is 2.26. The lowest BCUT2D eigenvalue weighted by Gasteiger charge is -2.34. The van der Waals surface area contributed by atoms with Gasteiger partial charge in [0.2, 0.25) is 21.8 Å². The Bertz CT molecular complexity index is 1100. The van der Waals surface area contributed by atoms with E-state index in [2.05, 4.69) is 5.32 Å². The fourth-order valence-electron chi connectivity index (χ4n) is 3.77. The molecule has 0 fully saturated rings. The minimum Gasteiger partial charge on any atom is -0.352 e. The van der Waals surface area contributed by atoms with Crippen LogP contribution in [0.15, 0.2) is 48.5 Å². The van der Waals surface area contributed by atoms with Gasteiger partial charge in [0.25, 0.3) is 0 Å². The molecule has 2 aromatic carbocycles. The smallest absolute Gasteiger partial charge is 0.244 e. The van der Waals surface area contributed by atoms with E-state index in [0.717, 1.165) is 33.7 Å². The predicted octanol–water partition coefficient (Wildman–Crippen LogP) is 3.79. The van der Waals surface area contributed by atoms with Crippen molar-refractivity contribution in [1.82, 2.24) is 10.2 Å². The molecule has 8 heteroatoms. The van der Waals surface area contributed by atoms with E-state index in [0.29, 0.717) is 12.1 Å². The molecular formula is C26H37N3O4S. The van der Waals surface area contributed by atoms with Crippen LogP contribution in [0.1, 0.15) is 50.3 Å². The van der Waals surface area contributed by atoms with Crippen LogP contribution in [-0.4, -0.2) is 50.0 Å². The number of sulfonamides is 1. The predicted molar refractivity (Wildman–Crippen MR) is 137 cm³/mol. The number of hydrogen-bond donors (Lipinski definition) is 1. The van der Waals surface area contributed by atoms with Gasteiger partial charge in [-0.25, -0.2) is 8.42 Å². The Morgan fingerprint density at radius 2 is 1.53 bits per heavy atom. The number of para-hydroxylation sites is 1. The highest BCUT2D eigenvalue weighted by atomic mass is 32.2. The number of nitrogens with zero attached hydrogens (tertiary/aromatic N) is 2. The topological polar surface area (TPSA) is 86.8 Å². The SMILES string of the molecule is CC[C@@H](C)NC(=O)[C@@H](CC)N(Cc1ccccc1C)C(=O)CN(c1ccccc1C)S(C)(=O)=O. The number of amides is 2. The third-order valence-corrected chi connectivity index (χ3v) is 7.18. The maximum Gasteiger partial charge on any atom is 0.244 e. The van der Waals surface area contributed by atoms with Gasteiger partial charge >= 0.3 is 0 Å². The summed E-state index contributed by atoms with van der Waals surface area (Å²) in [6.45, 7) is 9.34. The van der Waals surface area contributed by atoms with Crippen LogP contribution < -0.4 is 9.62 Å². The lowest BCUT2D eigenvalue weighted by Crippen LogP contribution is -2.53. The summed E-state index contributed by atoms with van der Waals surface area (Å²) < 4.78 is 26.5. The number of rotatable bonds is 11. The van der Waals surface area contributed by atoms with E-state index in [1.54, 1.807) is 25.1 Å². The van der Waals surface area contributed by atoms with E-state index < -0.39 is 22.0 Å². The van der Waals surface area contributed by atoms with Crippen molar-refractivity contribution in [2.45, 2.75) is 66.1 Å². The second kappa shape index (κ2) is 12.0. The average molecular weight is 488 g/mol. The zero-order valence-corrected chi connectivity index (χ0v) is 21.9. The zero-order valence-electron chi connectivity index (χ0n) is 21.0. The Kier molecular flexibility index (Phi) is 9.67. The summed E-state index contributed by atoms with van der Waals surface area (Å²) in [7, 11) is -3.74. The first-order valence-corrected chi connectivity index (χ1v) is 13.5. The van der Waals surface area contributed by atoms with Crippen molar-refractivity contribution in [1.29, 1.82) is 0 Å². The largest absolute Gasteiger partial charge is 0.352 e. The second-order valence-electron chi connectivity index (χ2n) is 8.75. The Morgan fingerprint density at radius 3 is 2.06 bits per heavy atom. The summed E-state index contributed by atoms with van der Waals surface area (Å²) in [4.78, 5) is 28.3. The molecule has 2 amide bonds. The lowest BCUT2D eigenvalue weighted by molar-refractivity contribution is -0.140. The van der Waals surface area contributed by atoms with Gasteiger partial charge in [-0.15, -0.1) is 0 Å². The van der Waals surface area contributed by atoms with Crippen molar-refractivity contribution in [3.05, 3.63) is 65.2 Å². The molecule has 0 spiro atoms. The van der Waals surface area contributed by atoms with Gasteiger partial charge in [0, 0.05) is 12.6 Å². The van der Waals surface area contributed by atoms with Crippen LogP contribution in [0, 0.1) is 13.8 Å². The van der Waals surface area contributed by atoms with Crippen molar-refractivity contribution < 1.29 is 18.0 Å².